The predicted molar refractivity (Wildman–Crippen MR) is 70.2 cm³/mol. The average Bonchev–Trinajstić information content (AvgIpc) is 3.13. The minimum Gasteiger partial charge on any atom is -0.468 e. The molecule has 0 aliphatic heterocycles. The SMILES string of the molecule is COC(=O)C(Sc1cc(Cl)ccc1N)C1CC1. The highest BCUT2D eigenvalue weighted by Crippen LogP contribution is 2.43. The van der Waals surface area contributed by atoms with Crippen molar-refractivity contribution in [1.29, 1.82) is 0 Å². The lowest BCUT2D eigenvalue weighted by atomic mass is 10.3. The summed E-state index contributed by atoms with van der Waals surface area (Å²) in [4.78, 5) is 12.5. The normalized spacial score (nSPS) is 16.6. The van der Waals surface area contributed by atoms with Crippen molar-refractivity contribution in [1.82, 2.24) is 0 Å². The van der Waals surface area contributed by atoms with Crippen LogP contribution in [0, 0.1) is 5.92 Å². The van der Waals surface area contributed by atoms with E-state index in [1.807, 2.05) is 0 Å². The average molecular weight is 272 g/mol. The van der Waals surface area contributed by atoms with Crippen LogP contribution in [0.15, 0.2) is 23.1 Å². The summed E-state index contributed by atoms with van der Waals surface area (Å²) in [6, 6.07) is 5.29. The van der Waals surface area contributed by atoms with Gasteiger partial charge in [-0.25, -0.2) is 0 Å². The van der Waals surface area contributed by atoms with Crippen LogP contribution in [0.4, 0.5) is 5.69 Å². The Morgan fingerprint density at radius 1 is 1.59 bits per heavy atom. The summed E-state index contributed by atoms with van der Waals surface area (Å²) in [5.74, 6) is 0.225. The van der Waals surface area contributed by atoms with Gasteiger partial charge in [0.25, 0.3) is 0 Å². The molecule has 0 aromatic heterocycles. The largest absolute Gasteiger partial charge is 0.468 e. The first-order valence-electron chi connectivity index (χ1n) is 5.41. The minimum atomic E-state index is -0.183. The number of benzene rings is 1. The first kappa shape index (κ1) is 12.6. The van der Waals surface area contributed by atoms with E-state index in [0.29, 0.717) is 16.6 Å². The molecule has 5 heteroatoms. The first-order chi connectivity index (χ1) is 8.11. The molecule has 0 bridgehead atoms. The smallest absolute Gasteiger partial charge is 0.319 e. The number of ether oxygens (including phenoxy) is 1. The molecule has 2 rings (SSSR count). The molecule has 0 amide bonds. The van der Waals surface area contributed by atoms with E-state index in [-0.39, 0.29) is 11.2 Å². The molecular formula is C12H14ClNO2S. The molecule has 0 radical (unpaired) electrons. The van der Waals surface area contributed by atoms with Crippen molar-refractivity contribution in [2.75, 3.05) is 12.8 Å². The van der Waals surface area contributed by atoms with E-state index < -0.39 is 0 Å². The molecule has 1 saturated carbocycles. The third-order valence-corrected chi connectivity index (χ3v) is 4.39. The zero-order chi connectivity index (χ0) is 12.4. The van der Waals surface area contributed by atoms with Crippen LogP contribution in [0.5, 0.6) is 0 Å². The number of nitrogen functional groups attached to an aromatic ring is 1. The summed E-state index contributed by atoms with van der Waals surface area (Å²) in [6.45, 7) is 0. The highest BCUT2D eigenvalue weighted by molar-refractivity contribution is 8.00. The molecule has 0 heterocycles. The third kappa shape index (κ3) is 3.07. The number of nitrogens with two attached hydrogens (primary N) is 1. The van der Waals surface area contributed by atoms with Crippen molar-refractivity contribution in [2.24, 2.45) is 5.92 Å². The molecule has 2 N–H and O–H groups in total. The molecule has 17 heavy (non-hydrogen) atoms. The van der Waals surface area contributed by atoms with Gasteiger partial charge in [-0.1, -0.05) is 11.6 Å². The number of hydrogen-bond acceptors (Lipinski definition) is 4. The van der Waals surface area contributed by atoms with Gasteiger partial charge in [-0.2, -0.15) is 0 Å². The molecule has 1 fully saturated rings. The molecule has 1 aromatic carbocycles. The van der Waals surface area contributed by atoms with E-state index >= 15 is 0 Å². The van der Waals surface area contributed by atoms with Crippen molar-refractivity contribution in [3.63, 3.8) is 0 Å². The number of carbonyl (C=O) groups is 1. The van der Waals surface area contributed by atoms with Crippen molar-refractivity contribution in [2.45, 2.75) is 23.0 Å². The van der Waals surface area contributed by atoms with E-state index in [0.717, 1.165) is 17.7 Å². The standard InChI is InChI=1S/C12H14ClNO2S/c1-16-12(15)11(7-2-3-7)17-10-6-8(13)4-5-9(10)14/h4-7,11H,2-3,14H2,1H3. The number of rotatable bonds is 4. The lowest BCUT2D eigenvalue weighted by molar-refractivity contribution is -0.140. The Balaban J connectivity index is 2.16. The molecule has 1 aromatic rings. The van der Waals surface area contributed by atoms with Crippen LogP contribution in [0.1, 0.15) is 12.8 Å². The Hall–Kier alpha value is -0.870. The van der Waals surface area contributed by atoms with Gasteiger partial charge in [0, 0.05) is 15.6 Å². The van der Waals surface area contributed by atoms with Crippen molar-refractivity contribution >= 4 is 35.0 Å². The van der Waals surface area contributed by atoms with Gasteiger partial charge in [0.2, 0.25) is 0 Å². The maximum absolute atomic E-state index is 11.7. The van der Waals surface area contributed by atoms with Gasteiger partial charge in [-0.3, -0.25) is 4.79 Å². The van der Waals surface area contributed by atoms with E-state index in [2.05, 4.69) is 0 Å². The quantitative estimate of drug-likeness (QED) is 0.520. The fraction of sp³-hybridized carbons (Fsp3) is 0.417. The molecular weight excluding hydrogens is 258 g/mol. The zero-order valence-corrected chi connectivity index (χ0v) is 11.1. The molecule has 3 nitrogen and oxygen atoms in total. The van der Waals surface area contributed by atoms with Crippen LogP contribution in [-0.4, -0.2) is 18.3 Å². The number of esters is 1. The van der Waals surface area contributed by atoms with Gasteiger partial charge in [0.05, 0.1) is 7.11 Å². The van der Waals surface area contributed by atoms with E-state index in [1.165, 1.54) is 18.9 Å². The molecule has 1 atom stereocenters. The van der Waals surface area contributed by atoms with Crippen LogP contribution in [-0.2, 0) is 9.53 Å². The second-order valence-corrected chi connectivity index (χ2v) is 5.70. The lowest BCUT2D eigenvalue weighted by Gasteiger charge is -2.14. The monoisotopic (exact) mass is 271 g/mol. The molecule has 0 spiro atoms. The number of thioether (sulfide) groups is 1. The summed E-state index contributed by atoms with van der Waals surface area (Å²) in [6.07, 6.45) is 2.15. The summed E-state index contributed by atoms with van der Waals surface area (Å²) in [5, 5.41) is 0.460. The van der Waals surface area contributed by atoms with Gasteiger partial charge >= 0.3 is 5.97 Å². The lowest BCUT2D eigenvalue weighted by Crippen LogP contribution is -2.21. The van der Waals surface area contributed by atoms with E-state index in [1.54, 1.807) is 18.2 Å². The second-order valence-electron chi connectivity index (χ2n) is 4.08. The zero-order valence-electron chi connectivity index (χ0n) is 9.48. The molecule has 92 valence electrons. The Morgan fingerprint density at radius 2 is 2.29 bits per heavy atom. The minimum absolute atomic E-state index is 0.166. The number of anilines is 1. The fourth-order valence-corrected chi connectivity index (χ4v) is 3.17. The summed E-state index contributed by atoms with van der Waals surface area (Å²) < 4.78 is 4.82. The maximum Gasteiger partial charge on any atom is 0.319 e. The van der Waals surface area contributed by atoms with Gasteiger partial charge < -0.3 is 10.5 Å². The summed E-state index contributed by atoms with van der Waals surface area (Å²) in [7, 11) is 1.42. The predicted octanol–water partition coefficient (Wildman–Crippen LogP) is 2.97. The van der Waals surface area contributed by atoms with Crippen LogP contribution in [0.25, 0.3) is 0 Å². The van der Waals surface area contributed by atoms with Crippen LogP contribution < -0.4 is 5.73 Å². The number of halogens is 1. The third-order valence-electron chi connectivity index (χ3n) is 2.71. The molecule has 0 saturated heterocycles. The van der Waals surface area contributed by atoms with Crippen molar-refractivity contribution < 1.29 is 9.53 Å². The molecule has 1 aliphatic rings. The van der Waals surface area contributed by atoms with Gasteiger partial charge in [-0.05, 0) is 37.0 Å². The van der Waals surface area contributed by atoms with Gasteiger partial charge in [0.1, 0.15) is 5.25 Å². The molecule has 1 unspecified atom stereocenters. The fourth-order valence-electron chi connectivity index (χ4n) is 1.60. The first-order valence-corrected chi connectivity index (χ1v) is 6.67. The Bertz CT molecular complexity index is 435. The Morgan fingerprint density at radius 3 is 2.88 bits per heavy atom. The Kier molecular flexibility index (Phi) is 3.84. The van der Waals surface area contributed by atoms with E-state index in [9.17, 15) is 4.79 Å². The van der Waals surface area contributed by atoms with Crippen LogP contribution in [0.3, 0.4) is 0 Å². The van der Waals surface area contributed by atoms with Crippen LogP contribution in [0.2, 0.25) is 5.02 Å². The number of carbonyl (C=O) groups excluding carboxylic acids is 1. The van der Waals surface area contributed by atoms with E-state index in [4.69, 9.17) is 22.1 Å². The summed E-state index contributed by atoms with van der Waals surface area (Å²) in [5.41, 5.74) is 6.52. The van der Waals surface area contributed by atoms with Crippen molar-refractivity contribution in [3.05, 3.63) is 23.2 Å². The van der Waals surface area contributed by atoms with Crippen molar-refractivity contribution in [3.8, 4) is 0 Å². The molecule has 1 aliphatic carbocycles. The Labute approximate surface area is 110 Å². The highest BCUT2D eigenvalue weighted by atomic mass is 35.5. The second kappa shape index (κ2) is 5.19. The summed E-state index contributed by atoms with van der Waals surface area (Å²) >= 11 is 7.37. The van der Waals surface area contributed by atoms with Crippen LogP contribution >= 0.6 is 23.4 Å². The van der Waals surface area contributed by atoms with Gasteiger partial charge in [-0.15, -0.1) is 11.8 Å². The topological polar surface area (TPSA) is 52.3 Å². The maximum atomic E-state index is 11.7. The van der Waals surface area contributed by atoms with Gasteiger partial charge in [0.15, 0.2) is 0 Å². The number of methoxy groups -OCH3 is 1. The highest BCUT2D eigenvalue weighted by Gasteiger charge is 2.38. The number of hydrogen-bond donors (Lipinski definition) is 1.